The molecule has 0 aromatic carbocycles. The molecule has 0 aliphatic heterocycles. The lowest BCUT2D eigenvalue weighted by Gasteiger charge is -2.28. The summed E-state index contributed by atoms with van der Waals surface area (Å²) in [7, 11) is 0. The quantitative estimate of drug-likeness (QED) is 0.741. The van der Waals surface area contributed by atoms with Crippen LogP contribution in [0.15, 0.2) is 0 Å². The van der Waals surface area contributed by atoms with Crippen molar-refractivity contribution < 1.29 is 4.79 Å². The Hall–Kier alpha value is -0.530. The Bertz CT molecular complexity index is 179. The first kappa shape index (κ1) is 13.5. The molecular formula is C12H25NO. The van der Waals surface area contributed by atoms with Gasteiger partial charge in [0.15, 0.2) is 0 Å². The van der Waals surface area contributed by atoms with Crippen molar-refractivity contribution in [1.82, 2.24) is 5.32 Å². The highest BCUT2D eigenvalue weighted by atomic mass is 16.1. The lowest BCUT2D eigenvalue weighted by molar-refractivity contribution is -0.122. The van der Waals surface area contributed by atoms with Crippen molar-refractivity contribution in [2.45, 2.75) is 60.4 Å². The molecule has 2 nitrogen and oxygen atoms in total. The van der Waals surface area contributed by atoms with E-state index in [1.165, 1.54) is 0 Å². The Morgan fingerprint density at radius 2 is 1.71 bits per heavy atom. The van der Waals surface area contributed by atoms with Gasteiger partial charge in [-0.2, -0.15) is 0 Å². The predicted octanol–water partition coefficient (Wildman–Crippen LogP) is 2.97. The third-order valence-electron chi connectivity index (χ3n) is 2.63. The van der Waals surface area contributed by atoms with Crippen LogP contribution >= 0.6 is 0 Å². The number of hydrogen-bond donors (Lipinski definition) is 1. The second kappa shape index (κ2) is 5.38. The van der Waals surface area contributed by atoms with Gasteiger partial charge in [0.1, 0.15) is 0 Å². The summed E-state index contributed by atoms with van der Waals surface area (Å²) >= 11 is 0. The van der Waals surface area contributed by atoms with Gasteiger partial charge in [-0.05, 0) is 24.7 Å². The number of hydrogen-bond acceptors (Lipinski definition) is 1. The number of rotatable bonds is 4. The van der Waals surface area contributed by atoms with Crippen LogP contribution in [0.5, 0.6) is 0 Å². The van der Waals surface area contributed by atoms with Crippen LogP contribution in [0.1, 0.15) is 54.4 Å². The largest absolute Gasteiger partial charge is 0.353 e. The van der Waals surface area contributed by atoms with Crippen molar-refractivity contribution in [2.24, 2.45) is 11.3 Å². The van der Waals surface area contributed by atoms with Gasteiger partial charge in [0.25, 0.3) is 0 Å². The minimum atomic E-state index is 0.146. The van der Waals surface area contributed by atoms with E-state index in [0.717, 1.165) is 6.42 Å². The molecule has 0 aliphatic carbocycles. The molecule has 0 unspecified atom stereocenters. The molecule has 0 aromatic heterocycles. The van der Waals surface area contributed by atoms with Gasteiger partial charge in [0.05, 0.1) is 0 Å². The zero-order valence-corrected chi connectivity index (χ0v) is 10.5. The van der Waals surface area contributed by atoms with E-state index >= 15 is 0 Å². The summed E-state index contributed by atoms with van der Waals surface area (Å²) in [6, 6.07) is 0.238. The van der Waals surface area contributed by atoms with Crippen LogP contribution in [0, 0.1) is 11.3 Å². The first-order valence-electron chi connectivity index (χ1n) is 5.53. The first-order valence-corrected chi connectivity index (χ1v) is 5.53. The summed E-state index contributed by atoms with van der Waals surface area (Å²) in [5.41, 5.74) is 0.146. The fourth-order valence-corrected chi connectivity index (χ4v) is 0.950. The Kier molecular flexibility index (Phi) is 5.17. The van der Waals surface area contributed by atoms with Gasteiger partial charge in [-0.25, -0.2) is 0 Å². The maximum absolute atomic E-state index is 11.5. The highest BCUT2D eigenvalue weighted by Gasteiger charge is 2.21. The van der Waals surface area contributed by atoms with Gasteiger partial charge in [0, 0.05) is 12.5 Å². The second-order valence-electron chi connectivity index (χ2n) is 5.59. The maximum Gasteiger partial charge on any atom is 0.220 e. The standard InChI is InChI=1S/C12H25NO/c1-9(2)7-8-11(14)13-10(3)12(4,5)6/h9-10H,7-8H2,1-6H3,(H,13,14)/t10-/m1/s1. The number of amides is 1. The minimum absolute atomic E-state index is 0.146. The number of carbonyl (C=O) groups excluding carboxylic acids is 1. The predicted molar refractivity (Wildman–Crippen MR) is 61.1 cm³/mol. The summed E-state index contributed by atoms with van der Waals surface area (Å²) in [6.07, 6.45) is 1.63. The molecule has 0 bridgehead atoms. The smallest absolute Gasteiger partial charge is 0.220 e. The molecule has 0 aliphatic rings. The van der Waals surface area contributed by atoms with E-state index < -0.39 is 0 Å². The normalized spacial score (nSPS) is 14.2. The average Bonchev–Trinajstić information content (AvgIpc) is 1.99. The zero-order chi connectivity index (χ0) is 11.4. The highest BCUT2D eigenvalue weighted by Crippen LogP contribution is 2.18. The zero-order valence-electron chi connectivity index (χ0n) is 10.5. The molecule has 0 radical (unpaired) electrons. The topological polar surface area (TPSA) is 29.1 Å². The molecule has 84 valence electrons. The SMILES string of the molecule is CC(C)CCC(=O)N[C@H](C)C(C)(C)C. The van der Waals surface area contributed by atoms with Crippen LogP contribution in [0.2, 0.25) is 0 Å². The fraction of sp³-hybridized carbons (Fsp3) is 0.917. The van der Waals surface area contributed by atoms with E-state index in [4.69, 9.17) is 0 Å². The lowest BCUT2D eigenvalue weighted by atomic mass is 9.88. The van der Waals surface area contributed by atoms with Gasteiger partial charge in [-0.3, -0.25) is 4.79 Å². The van der Waals surface area contributed by atoms with E-state index in [2.05, 4.69) is 46.9 Å². The van der Waals surface area contributed by atoms with Crippen LogP contribution in [-0.4, -0.2) is 11.9 Å². The van der Waals surface area contributed by atoms with Crippen molar-refractivity contribution in [2.75, 3.05) is 0 Å². The summed E-state index contributed by atoms with van der Waals surface area (Å²) in [6.45, 7) is 12.8. The van der Waals surface area contributed by atoms with Crippen LogP contribution < -0.4 is 5.32 Å². The third-order valence-corrected chi connectivity index (χ3v) is 2.63. The molecule has 0 aromatic rings. The Morgan fingerprint density at radius 3 is 2.07 bits per heavy atom. The van der Waals surface area contributed by atoms with Gasteiger partial charge in [-0.15, -0.1) is 0 Å². The van der Waals surface area contributed by atoms with Gasteiger partial charge in [-0.1, -0.05) is 34.6 Å². The monoisotopic (exact) mass is 199 g/mol. The molecule has 0 saturated heterocycles. The molecule has 1 atom stereocenters. The molecule has 0 rings (SSSR count). The van der Waals surface area contributed by atoms with E-state index in [0.29, 0.717) is 12.3 Å². The van der Waals surface area contributed by atoms with Crippen molar-refractivity contribution in [3.05, 3.63) is 0 Å². The van der Waals surface area contributed by atoms with E-state index in [-0.39, 0.29) is 17.4 Å². The molecule has 0 spiro atoms. The summed E-state index contributed by atoms with van der Waals surface area (Å²) in [4.78, 5) is 11.5. The summed E-state index contributed by atoms with van der Waals surface area (Å²) in [5.74, 6) is 0.784. The number of carbonyl (C=O) groups is 1. The Balaban J connectivity index is 3.84. The van der Waals surface area contributed by atoms with Crippen molar-refractivity contribution in [3.8, 4) is 0 Å². The van der Waals surface area contributed by atoms with E-state index in [1.54, 1.807) is 0 Å². The van der Waals surface area contributed by atoms with Crippen LogP contribution in [-0.2, 0) is 4.79 Å². The maximum atomic E-state index is 11.5. The minimum Gasteiger partial charge on any atom is -0.353 e. The Morgan fingerprint density at radius 1 is 1.21 bits per heavy atom. The average molecular weight is 199 g/mol. The van der Waals surface area contributed by atoms with E-state index in [1.807, 2.05) is 0 Å². The lowest BCUT2D eigenvalue weighted by Crippen LogP contribution is -2.41. The summed E-state index contributed by atoms with van der Waals surface area (Å²) < 4.78 is 0. The molecule has 14 heavy (non-hydrogen) atoms. The van der Waals surface area contributed by atoms with Crippen LogP contribution in [0.3, 0.4) is 0 Å². The van der Waals surface area contributed by atoms with Gasteiger partial charge < -0.3 is 5.32 Å². The van der Waals surface area contributed by atoms with E-state index in [9.17, 15) is 4.79 Å². The Labute approximate surface area is 88.5 Å². The highest BCUT2D eigenvalue weighted by molar-refractivity contribution is 5.76. The molecule has 0 heterocycles. The van der Waals surface area contributed by atoms with Crippen molar-refractivity contribution >= 4 is 5.91 Å². The number of nitrogens with one attached hydrogen (secondary N) is 1. The fourth-order valence-electron chi connectivity index (χ4n) is 0.950. The van der Waals surface area contributed by atoms with Gasteiger partial charge >= 0.3 is 0 Å². The van der Waals surface area contributed by atoms with Crippen LogP contribution in [0.25, 0.3) is 0 Å². The van der Waals surface area contributed by atoms with Crippen molar-refractivity contribution in [3.63, 3.8) is 0 Å². The molecule has 0 fully saturated rings. The summed E-state index contributed by atoms with van der Waals surface area (Å²) in [5, 5.41) is 3.04. The third kappa shape index (κ3) is 6.01. The molecule has 1 amide bonds. The molecule has 1 N–H and O–H groups in total. The molecule has 2 heteroatoms. The van der Waals surface area contributed by atoms with Crippen LogP contribution in [0.4, 0.5) is 0 Å². The van der Waals surface area contributed by atoms with Gasteiger partial charge in [0.2, 0.25) is 5.91 Å². The molecular weight excluding hydrogens is 174 g/mol. The molecule has 0 saturated carbocycles. The van der Waals surface area contributed by atoms with Crippen molar-refractivity contribution in [1.29, 1.82) is 0 Å². The first-order chi connectivity index (χ1) is 6.23. The second-order valence-corrected chi connectivity index (χ2v) is 5.59.